The van der Waals surface area contributed by atoms with Gasteiger partial charge in [0.2, 0.25) is 5.78 Å². The Bertz CT molecular complexity index is 1360. The number of benzene rings is 2. The number of nitrogens with zero attached hydrogens (tertiary/aromatic N) is 5. The number of aryl methyl sites for hydroxylation is 2. The fourth-order valence-corrected chi connectivity index (χ4v) is 4.89. The molecule has 1 saturated heterocycles. The van der Waals surface area contributed by atoms with Crippen LogP contribution >= 0.6 is 11.6 Å². The van der Waals surface area contributed by atoms with E-state index in [4.69, 9.17) is 17.3 Å². The number of para-hydroxylation sites is 1. The van der Waals surface area contributed by atoms with Gasteiger partial charge in [-0.2, -0.15) is 0 Å². The van der Waals surface area contributed by atoms with E-state index in [2.05, 4.69) is 27.0 Å². The number of piperazine rings is 1. The second kappa shape index (κ2) is 9.08. The molecule has 0 bridgehead atoms. The van der Waals surface area contributed by atoms with Crippen LogP contribution in [-0.2, 0) is 6.54 Å². The molecule has 3 heterocycles. The van der Waals surface area contributed by atoms with E-state index in [9.17, 15) is 4.79 Å². The third-order valence-corrected chi connectivity index (χ3v) is 6.72. The molecular weight excluding hydrogens is 448 g/mol. The first-order chi connectivity index (χ1) is 16.5. The molecule has 174 valence electrons. The van der Waals surface area contributed by atoms with Gasteiger partial charge >= 0.3 is 0 Å². The van der Waals surface area contributed by atoms with Crippen molar-refractivity contribution in [2.45, 2.75) is 20.4 Å². The minimum atomic E-state index is -0.0916. The van der Waals surface area contributed by atoms with Crippen LogP contribution in [0.4, 0.5) is 5.69 Å². The highest BCUT2D eigenvalue weighted by atomic mass is 35.5. The van der Waals surface area contributed by atoms with Gasteiger partial charge < -0.3 is 15.5 Å². The van der Waals surface area contributed by atoms with Gasteiger partial charge in [0.05, 0.1) is 10.7 Å². The molecule has 7 nitrogen and oxygen atoms in total. The lowest BCUT2D eigenvalue weighted by Crippen LogP contribution is -2.48. The Morgan fingerprint density at radius 3 is 2.44 bits per heavy atom. The van der Waals surface area contributed by atoms with Crippen LogP contribution in [0.25, 0.3) is 17.0 Å². The third-order valence-electron chi connectivity index (χ3n) is 6.41. The molecule has 1 fully saturated rings. The fourth-order valence-electron chi connectivity index (χ4n) is 4.57. The highest BCUT2D eigenvalue weighted by Crippen LogP contribution is 2.33. The minimum Gasteiger partial charge on any atom is -0.368 e. The van der Waals surface area contributed by atoms with Gasteiger partial charge in [0.1, 0.15) is 5.69 Å². The van der Waals surface area contributed by atoms with Crippen molar-refractivity contribution in [3.63, 3.8) is 0 Å². The normalized spacial score (nSPS) is 14.1. The SMILES string of the molecule is Cc1ccc(-c2c(CN)c(C)nc3nc(C(=O)N4CCN(c5ccccc5)CC4)cn23)c(Cl)c1. The van der Waals surface area contributed by atoms with Crippen molar-refractivity contribution >= 4 is 29.0 Å². The molecule has 1 aliphatic rings. The first-order valence-corrected chi connectivity index (χ1v) is 11.8. The van der Waals surface area contributed by atoms with E-state index in [1.807, 2.05) is 59.5 Å². The van der Waals surface area contributed by atoms with Crippen molar-refractivity contribution in [2.24, 2.45) is 5.73 Å². The molecule has 8 heteroatoms. The molecule has 2 N–H and O–H groups in total. The molecule has 0 saturated carbocycles. The summed E-state index contributed by atoms with van der Waals surface area (Å²) in [6.45, 7) is 7.05. The Morgan fingerprint density at radius 2 is 1.76 bits per heavy atom. The maximum absolute atomic E-state index is 13.4. The van der Waals surface area contributed by atoms with Gasteiger partial charge in [-0.05, 0) is 37.6 Å². The zero-order chi connectivity index (χ0) is 23.8. The maximum Gasteiger partial charge on any atom is 0.274 e. The zero-order valence-corrected chi connectivity index (χ0v) is 20.1. The molecule has 0 atom stereocenters. The fraction of sp³-hybridized carbons (Fsp3) is 0.269. The van der Waals surface area contributed by atoms with Gasteiger partial charge in [-0.1, -0.05) is 41.9 Å². The van der Waals surface area contributed by atoms with Crippen LogP contribution in [0.15, 0.2) is 54.7 Å². The van der Waals surface area contributed by atoms with Gasteiger partial charge in [-0.25, -0.2) is 9.97 Å². The average Bonchev–Trinajstić information content (AvgIpc) is 3.27. The molecule has 2 aromatic carbocycles. The number of amides is 1. The van der Waals surface area contributed by atoms with Gasteiger partial charge in [0.15, 0.2) is 0 Å². The van der Waals surface area contributed by atoms with Crippen molar-refractivity contribution in [3.8, 4) is 11.3 Å². The molecule has 2 aromatic heterocycles. The topological polar surface area (TPSA) is 79.8 Å². The number of halogens is 1. The van der Waals surface area contributed by atoms with Crippen LogP contribution in [0.1, 0.15) is 27.3 Å². The summed E-state index contributed by atoms with van der Waals surface area (Å²) in [6.07, 6.45) is 1.76. The summed E-state index contributed by atoms with van der Waals surface area (Å²) in [5.41, 5.74) is 12.1. The summed E-state index contributed by atoms with van der Waals surface area (Å²) in [5.74, 6) is 0.374. The Morgan fingerprint density at radius 1 is 1.03 bits per heavy atom. The molecule has 34 heavy (non-hydrogen) atoms. The summed E-state index contributed by atoms with van der Waals surface area (Å²) in [7, 11) is 0. The van der Waals surface area contributed by atoms with E-state index in [1.165, 1.54) is 5.69 Å². The molecule has 0 radical (unpaired) electrons. The molecule has 5 rings (SSSR count). The average molecular weight is 475 g/mol. The number of aromatic nitrogens is 3. The van der Waals surface area contributed by atoms with E-state index < -0.39 is 0 Å². The molecule has 1 amide bonds. The summed E-state index contributed by atoms with van der Waals surface area (Å²) < 4.78 is 1.85. The second-order valence-corrected chi connectivity index (χ2v) is 9.03. The first kappa shape index (κ1) is 22.4. The lowest BCUT2D eigenvalue weighted by atomic mass is 10.0. The van der Waals surface area contributed by atoms with Crippen molar-refractivity contribution in [1.29, 1.82) is 0 Å². The second-order valence-electron chi connectivity index (χ2n) is 8.62. The van der Waals surface area contributed by atoms with Crippen LogP contribution in [0.2, 0.25) is 5.02 Å². The first-order valence-electron chi connectivity index (χ1n) is 11.4. The van der Waals surface area contributed by atoms with E-state index in [1.54, 1.807) is 6.20 Å². The van der Waals surface area contributed by atoms with E-state index in [-0.39, 0.29) is 5.91 Å². The Balaban J connectivity index is 1.48. The van der Waals surface area contributed by atoms with Crippen LogP contribution < -0.4 is 10.6 Å². The summed E-state index contributed by atoms with van der Waals surface area (Å²) >= 11 is 6.63. The molecule has 4 aromatic rings. The number of hydrogen-bond donors (Lipinski definition) is 1. The maximum atomic E-state index is 13.4. The lowest BCUT2D eigenvalue weighted by Gasteiger charge is -2.35. The number of anilines is 1. The molecule has 1 aliphatic heterocycles. The quantitative estimate of drug-likeness (QED) is 0.482. The number of hydrogen-bond acceptors (Lipinski definition) is 5. The van der Waals surface area contributed by atoms with Gasteiger partial charge in [0, 0.05) is 61.4 Å². The largest absolute Gasteiger partial charge is 0.368 e. The Hall–Kier alpha value is -3.42. The highest BCUT2D eigenvalue weighted by molar-refractivity contribution is 6.33. The molecule has 0 unspecified atom stereocenters. The van der Waals surface area contributed by atoms with Crippen molar-refractivity contribution in [2.75, 3.05) is 31.1 Å². The predicted octanol–water partition coefficient (Wildman–Crippen LogP) is 4.09. The number of fused-ring (bicyclic) bond motifs is 1. The number of nitrogens with two attached hydrogens (primary N) is 1. The number of imidazole rings is 1. The van der Waals surface area contributed by atoms with Crippen molar-refractivity contribution in [1.82, 2.24) is 19.3 Å². The summed E-state index contributed by atoms with van der Waals surface area (Å²) in [6, 6.07) is 16.2. The summed E-state index contributed by atoms with van der Waals surface area (Å²) in [4.78, 5) is 26.7. The smallest absolute Gasteiger partial charge is 0.274 e. The number of carbonyl (C=O) groups is 1. The third kappa shape index (κ3) is 4.02. The standard InChI is InChI=1S/C26H27ClN6O/c1-17-8-9-20(22(27)14-17)24-21(15-28)18(2)29-26-30-23(16-33(24)26)25(34)32-12-10-31(11-13-32)19-6-4-3-5-7-19/h3-9,14,16H,10-13,15,28H2,1-2H3. The van der Waals surface area contributed by atoms with E-state index in [0.717, 1.165) is 41.2 Å². The van der Waals surface area contributed by atoms with Crippen LogP contribution in [0, 0.1) is 13.8 Å². The molecule has 0 aliphatic carbocycles. The Labute approximate surface area is 203 Å². The monoisotopic (exact) mass is 474 g/mol. The number of rotatable bonds is 4. The predicted molar refractivity (Wildman–Crippen MR) is 135 cm³/mol. The Kier molecular flexibility index (Phi) is 5.98. The molecular formula is C26H27ClN6O. The van der Waals surface area contributed by atoms with Gasteiger partial charge in [-0.3, -0.25) is 9.20 Å². The van der Waals surface area contributed by atoms with Crippen molar-refractivity contribution in [3.05, 3.63) is 82.3 Å². The molecule has 0 spiro atoms. The minimum absolute atomic E-state index is 0.0916. The van der Waals surface area contributed by atoms with Gasteiger partial charge in [0.25, 0.3) is 5.91 Å². The van der Waals surface area contributed by atoms with E-state index >= 15 is 0 Å². The van der Waals surface area contributed by atoms with Crippen molar-refractivity contribution < 1.29 is 4.79 Å². The van der Waals surface area contributed by atoms with Gasteiger partial charge in [-0.15, -0.1) is 0 Å². The van der Waals surface area contributed by atoms with Crippen LogP contribution in [0.3, 0.4) is 0 Å². The zero-order valence-electron chi connectivity index (χ0n) is 19.3. The van der Waals surface area contributed by atoms with Crippen LogP contribution in [-0.4, -0.2) is 51.4 Å². The number of carbonyl (C=O) groups excluding carboxylic acids is 1. The van der Waals surface area contributed by atoms with Crippen LogP contribution in [0.5, 0.6) is 0 Å². The summed E-state index contributed by atoms with van der Waals surface area (Å²) in [5, 5.41) is 0.625. The lowest BCUT2D eigenvalue weighted by molar-refractivity contribution is 0.0741. The highest BCUT2D eigenvalue weighted by Gasteiger charge is 2.26. The van der Waals surface area contributed by atoms with E-state index in [0.29, 0.717) is 36.1 Å².